The zero-order valence-corrected chi connectivity index (χ0v) is 21.5. The summed E-state index contributed by atoms with van der Waals surface area (Å²) in [7, 11) is 0. The van der Waals surface area contributed by atoms with Gasteiger partial charge in [0.1, 0.15) is 6.54 Å². The maximum Gasteiger partial charge on any atom is 0.319 e. The molecule has 3 aromatic rings. The van der Waals surface area contributed by atoms with Gasteiger partial charge >= 0.3 is 6.03 Å². The van der Waals surface area contributed by atoms with Gasteiger partial charge in [-0.2, -0.15) is 0 Å². The minimum absolute atomic E-state index is 0.0447. The molecule has 2 N–H and O–H groups in total. The number of likely N-dealkylation sites (tertiary alicyclic amines) is 1. The Labute approximate surface area is 227 Å². The second-order valence-electron chi connectivity index (χ2n) is 9.38. The van der Waals surface area contributed by atoms with Gasteiger partial charge in [-0.1, -0.05) is 60.7 Å². The average Bonchev–Trinajstić information content (AvgIpc) is 2.95. The fourth-order valence-corrected chi connectivity index (χ4v) is 4.76. The molecule has 0 spiro atoms. The number of urea groups is 1. The minimum Gasteiger partial charge on any atom is -0.550 e. The Morgan fingerprint density at radius 3 is 2.33 bits per heavy atom. The van der Waals surface area contributed by atoms with Crippen LogP contribution in [0.1, 0.15) is 36.4 Å². The van der Waals surface area contributed by atoms with Crippen LogP contribution >= 0.6 is 0 Å². The van der Waals surface area contributed by atoms with Gasteiger partial charge in [-0.05, 0) is 54.7 Å². The van der Waals surface area contributed by atoms with Gasteiger partial charge in [0.2, 0.25) is 11.8 Å². The molecule has 0 aromatic heterocycles. The van der Waals surface area contributed by atoms with Crippen LogP contribution in [0, 0.1) is 0 Å². The van der Waals surface area contributed by atoms with Crippen LogP contribution in [0.2, 0.25) is 0 Å². The summed E-state index contributed by atoms with van der Waals surface area (Å²) in [5, 5.41) is 16.0. The first-order valence-electron chi connectivity index (χ1n) is 12.9. The number of hydrogen-bond acceptors (Lipinski definition) is 5. The normalized spacial score (nSPS) is 14.8. The molecule has 0 saturated carbocycles. The molecule has 1 aliphatic rings. The molecule has 3 aromatic carbocycles. The van der Waals surface area contributed by atoms with Crippen LogP contribution in [-0.4, -0.2) is 48.3 Å². The Balaban J connectivity index is 1.42. The van der Waals surface area contributed by atoms with Gasteiger partial charge in [0.15, 0.2) is 0 Å². The first kappa shape index (κ1) is 27.4. The Kier molecular flexibility index (Phi) is 9.29. The maximum atomic E-state index is 13.5. The van der Waals surface area contributed by atoms with Crippen LogP contribution in [0.15, 0.2) is 84.9 Å². The summed E-state index contributed by atoms with van der Waals surface area (Å²) in [5.41, 5.74) is 2.49. The number of anilines is 2. The minimum atomic E-state index is -1.22. The highest BCUT2D eigenvalue weighted by Crippen LogP contribution is 2.31. The van der Waals surface area contributed by atoms with Crippen molar-refractivity contribution in [3.05, 3.63) is 96.1 Å². The molecule has 4 amide bonds. The van der Waals surface area contributed by atoms with E-state index in [1.807, 2.05) is 41.3 Å². The van der Waals surface area contributed by atoms with Crippen LogP contribution in [0.5, 0.6) is 0 Å². The van der Waals surface area contributed by atoms with Crippen LogP contribution in [-0.2, 0) is 20.8 Å². The Bertz CT molecular complexity index is 1300. The van der Waals surface area contributed by atoms with Gasteiger partial charge < -0.3 is 30.3 Å². The lowest BCUT2D eigenvalue weighted by atomic mass is 9.95. The number of carboxylic acid groups (broad SMARTS) is 1. The first-order chi connectivity index (χ1) is 18.9. The summed E-state index contributed by atoms with van der Waals surface area (Å²) in [6, 6.07) is 24.5. The quantitative estimate of drug-likeness (QED) is 0.443. The SMILES string of the molecule is O=C([O-])Cc1cccc(NC(=O)NCC(=O)N(CC(=O)N2CCCCC2c2ccccc2)c2ccccc2)c1. The Morgan fingerprint density at radius 1 is 0.897 bits per heavy atom. The Hall–Kier alpha value is -4.66. The molecule has 0 bridgehead atoms. The number of rotatable bonds is 9. The van der Waals surface area contributed by atoms with Crippen molar-refractivity contribution in [1.82, 2.24) is 10.2 Å². The zero-order chi connectivity index (χ0) is 27.6. The molecule has 9 nitrogen and oxygen atoms in total. The van der Waals surface area contributed by atoms with Crippen molar-refractivity contribution in [2.45, 2.75) is 31.7 Å². The molecule has 1 saturated heterocycles. The van der Waals surface area contributed by atoms with Gasteiger partial charge in [0.05, 0.1) is 12.6 Å². The zero-order valence-electron chi connectivity index (χ0n) is 21.5. The van der Waals surface area contributed by atoms with E-state index in [0.29, 0.717) is 23.5 Å². The van der Waals surface area contributed by atoms with Crippen LogP contribution in [0.4, 0.5) is 16.2 Å². The molecule has 0 radical (unpaired) electrons. The number of carbonyl (C=O) groups is 4. The van der Waals surface area contributed by atoms with E-state index in [2.05, 4.69) is 10.6 Å². The summed E-state index contributed by atoms with van der Waals surface area (Å²) < 4.78 is 0. The van der Waals surface area contributed by atoms with Gasteiger partial charge in [-0.15, -0.1) is 0 Å². The highest BCUT2D eigenvalue weighted by atomic mass is 16.4. The summed E-state index contributed by atoms with van der Waals surface area (Å²) in [6.07, 6.45) is 2.51. The van der Waals surface area contributed by atoms with E-state index in [-0.39, 0.29) is 31.5 Å². The molecule has 39 heavy (non-hydrogen) atoms. The molecule has 1 unspecified atom stereocenters. The number of aliphatic carboxylic acids is 1. The third-order valence-electron chi connectivity index (χ3n) is 6.60. The van der Waals surface area contributed by atoms with Crippen LogP contribution in [0.3, 0.4) is 0 Å². The van der Waals surface area contributed by atoms with Gasteiger partial charge in [0, 0.05) is 30.3 Å². The Morgan fingerprint density at radius 2 is 1.62 bits per heavy atom. The number of benzene rings is 3. The number of para-hydroxylation sites is 1. The van der Waals surface area contributed by atoms with Crippen molar-refractivity contribution >= 4 is 35.2 Å². The number of nitrogens with zero attached hydrogens (tertiary/aromatic N) is 2. The first-order valence-corrected chi connectivity index (χ1v) is 12.9. The second-order valence-corrected chi connectivity index (χ2v) is 9.38. The van der Waals surface area contributed by atoms with E-state index in [4.69, 9.17) is 0 Å². The summed E-state index contributed by atoms with van der Waals surface area (Å²) >= 11 is 0. The number of carbonyl (C=O) groups excluding carboxylic acids is 4. The molecule has 1 fully saturated rings. The lowest BCUT2D eigenvalue weighted by Crippen LogP contribution is -2.48. The highest BCUT2D eigenvalue weighted by Gasteiger charge is 2.30. The molecule has 4 rings (SSSR count). The van der Waals surface area contributed by atoms with Crippen molar-refractivity contribution in [3.63, 3.8) is 0 Å². The van der Waals surface area contributed by atoms with E-state index in [9.17, 15) is 24.3 Å². The number of carboxylic acids is 1. The third kappa shape index (κ3) is 7.67. The van der Waals surface area contributed by atoms with Gasteiger partial charge in [-0.25, -0.2) is 4.79 Å². The number of amides is 4. The molecule has 1 heterocycles. The van der Waals surface area contributed by atoms with Crippen molar-refractivity contribution in [2.24, 2.45) is 0 Å². The van der Waals surface area contributed by atoms with Crippen molar-refractivity contribution in [1.29, 1.82) is 0 Å². The molecular formula is C30H31N4O5-. The van der Waals surface area contributed by atoms with E-state index in [1.165, 1.54) is 11.0 Å². The largest absolute Gasteiger partial charge is 0.550 e. The van der Waals surface area contributed by atoms with Crippen LogP contribution < -0.4 is 20.6 Å². The van der Waals surface area contributed by atoms with Gasteiger partial charge in [0.25, 0.3) is 0 Å². The lowest BCUT2D eigenvalue weighted by Gasteiger charge is -2.37. The van der Waals surface area contributed by atoms with Crippen LogP contribution in [0.25, 0.3) is 0 Å². The molecule has 0 aliphatic carbocycles. The predicted octanol–water partition coefficient (Wildman–Crippen LogP) is 2.89. The maximum absolute atomic E-state index is 13.5. The van der Waals surface area contributed by atoms with Gasteiger partial charge in [-0.3, -0.25) is 9.59 Å². The molecular weight excluding hydrogens is 496 g/mol. The highest BCUT2D eigenvalue weighted by molar-refractivity contribution is 6.02. The fourth-order valence-electron chi connectivity index (χ4n) is 4.76. The standard InChI is InChI=1S/C30H32N4O5/c35-27(20-31-30(39)32-24-13-9-10-22(18-24)19-29(37)38)34(25-14-5-2-6-15-25)21-28(36)33-17-8-7-16-26(33)23-11-3-1-4-12-23/h1-6,9-15,18,26H,7-8,16-17,19-21H2,(H,37,38)(H2,31,32,39)/p-1. The fraction of sp³-hybridized carbons (Fsp3) is 0.267. The van der Waals surface area contributed by atoms with Crippen molar-refractivity contribution in [2.75, 3.05) is 29.9 Å². The third-order valence-corrected chi connectivity index (χ3v) is 6.60. The second kappa shape index (κ2) is 13.2. The van der Waals surface area contributed by atoms with Crippen molar-refractivity contribution in [3.8, 4) is 0 Å². The van der Waals surface area contributed by atoms with Crippen molar-refractivity contribution < 1.29 is 24.3 Å². The smallest absolute Gasteiger partial charge is 0.319 e. The monoisotopic (exact) mass is 527 g/mol. The molecule has 1 atom stereocenters. The number of piperidine rings is 1. The molecule has 1 aliphatic heterocycles. The van der Waals surface area contributed by atoms with E-state index in [1.54, 1.807) is 42.5 Å². The molecule has 202 valence electrons. The molecule has 9 heteroatoms. The topological polar surface area (TPSA) is 122 Å². The lowest BCUT2D eigenvalue weighted by molar-refractivity contribution is -0.304. The summed E-state index contributed by atoms with van der Waals surface area (Å²) in [5.74, 6) is -1.82. The average molecular weight is 528 g/mol. The van der Waals surface area contributed by atoms with E-state index >= 15 is 0 Å². The number of nitrogens with one attached hydrogen (secondary N) is 2. The summed E-state index contributed by atoms with van der Waals surface area (Å²) in [6.45, 7) is 0.127. The predicted molar refractivity (Wildman–Crippen MR) is 146 cm³/mol. The van der Waals surface area contributed by atoms with E-state index in [0.717, 1.165) is 24.8 Å². The number of hydrogen-bond donors (Lipinski definition) is 2. The van der Waals surface area contributed by atoms with E-state index < -0.39 is 17.9 Å². The summed E-state index contributed by atoms with van der Waals surface area (Å²) in [4.78, 5) is 53.4.